The van der Waals surface area contributed by atoms with Crippen LogP contribution in [0.3, 0.4) is 0 Å². The Kier molecular flexibility index (Phi) is 7.70. The Morgan fingerprint density at radius 3 is 2.37 bits per heavy atom. The number of alkyl halides is 3. The van der Waals surface area contributed by atoms with Gasteiger partial charge in [-0.15, -0.1) is 13.2 Å². The molecule has 222 valence electrons. The van der Waals surface area contributed by atoms with Crippen LogP contribution in [0.5, 0.6) is 5.75 Å². The maximum Gasteiger partial charge on any atom is 0.573 e. The molecule has 2 aromatic rings. The molecule has 0 radical (unpaired) electrons. The van der Waals surface area contributed by atoms with Gasteiger partial charge in [-0.25, -0.2) is 0 Å². The van der Waals surface area contributed by atoms with E-state index in [1.54, 1.807) is 12.1 Å². The van der Waals surface area contributed by atoms with Crippen LogP contribution in [0, 0.1) is 11.8 Å². The van der Waals surface area contributed by atoms with E-state index in [1.807, 2.05) is 0 Å². The van der Waals surface area contributed by atoms with Crippen molar-refractivity contribution in [3.63, 3.8) is 0 Å². The molecule has 0 saturated carbocycles. The predicted octanol–water partition coefficient (Wildman–Crippen LogP) is 6.16. The molecule has 6 nitrogen and oxygen atoms in total. The van der Waals surface area contributed by atoms with E-state index < -0.39 is 12.1 Å². The molecule has 0 unspecified atom stereocenters. The number of amides is 1. The number of piperidine rings is 3. The Hall–Kier alpha value is -2.78. The van der Waals surface area contributed by atoms with E-state index in [9.17, 15) is 18.0 Å². The van der Waals surface area contributed by atoms with E-state index in [2.05, 4.69) is 57.5 Å². The monoisotopic (exact) mass is 571 g/mol. The second kappa shape index (κ2) is 11.1. The Labute approximate surface area is 240 Å². The van der Waals surface area contributed by atoms with Crippen molar-refractivity contribution >= 4 is 11.6 Å². The minimum absolute atomic E-state index is 0.176. The maximum absolute atomic E-state index is 12.9. The molecule has 1 spiro atoms. The summed E-state index contributed by atoms with van der Waals surface area (Å²) in [6, 6.07) is 15.4. The molecule has 2 aromatic carbocycles. The number of carbonyl (C=O) groups is 1. The number of carbonyl (C=O) groups excluding carboxylic acids is 1. The van der Waals surface area contributed by atoms with Crippen molar-refractivity contribution in [3.05, 3.63) is 59.7 Å². The second-order valence-electron chi connectivity index (χ2n) is 12.5. The molecule has 4 heterocycles. The molecule has 6 rings (SSSR count). The number of nitrogens with zero attached hydrogens (tertiary/aromatic N) is 3. The van der Waals surface area contributed by atoms with Crippen molar-refractivity contribution in [2.75, 3.05) is 37.7 Å². The summed E-state index contributed by atoms with van der Waals surface area (Å²) < 4.78 is 47.8. The fourth-order valence-electron chi connectivity index (χ4n) is 7.48. The molecule has 4 fully saturated rings. The van der Waals surface area contributed by atoms with Crippen LogP contribution in [0.2, 0.25) is 0 Å². The highest BCUT2D eigenvalue weighted by Gasteiger charge is 2.58. The first-order valence-electron chi connectivity index (χ1n) is 15.0. The summed E-state index contributed by atoms with van der Waals surface area (Å²) in [4.78, 5) is 19.9. The lowest BCUT2D eigenvalue weighted by Gasteiger charge is -2.53. The number of hydrogen-bond donors (Lipinski definition) is 0. The van der Waals surface area contributed by atoms with E-state index in [4.69, 9.17) is 4.74 Å². The van der Waals surface area contributed by atoms with Gasteiger partial charge in [-0.05, 0) is 66.5 Å². The van der Waals surface area contributed by atoms with Gasteiger partial charge in [0.05, 0.1) is 12.6 Å². The average Bonchev–Trinajstić information content (AvgIpc) is 3.35. The van der Waals surface area contributed by atoms with Gasteiger partial charge in [-0.3, -0.25) is 9.69 Å². The van der Waals surface area contributed by atoms with Crippen molar-refractivity contribution < 1.29 is 27.4 Å². The lowest BCUT2D eigenvalue weighted by Crippen LogP contribution is -2.65. The van der Waals surface area contributed by atoms with Crippen LogP contribution >= 0.6 is 0 Å². The topological polar surface area (TPSA) is 45.3 Å². The number of likely N-dealkylation sites (tertiary alicyclic amines) is 1. The van der Waals surface area contributed by atoms with Gasteiger partial charge >= 0.3 is 6.36 Å². The van der Waals surface area contributed by atoms with E-state index in [0.29, 0.717) is 30.8 Å². The Morgan fingerprint density at radius 2 is 1.71 bits per heavy atom. The fraction of sp³-hybridized carbons (Fsp3) is 0.594. The molecule has 0 bridgehead atoms. The smallest absolute Gasteiger partial charge is 0.406 e. The molecule has 0 N–H and O–H groups in total. The first kappa shape index (κ1) is 28.3. The number of ether oxygens (including phenoxy) is 2. The summed E-state index contributed by atoms with van der Waals surface area (Å²) in [7, 11) is 0. The minimum atomic E-state index is -4.67. The van der Waals surface area contributed by atoms with Crippen molar-refractivity contribution in [2.24, 2.45) is 11.8 Å². The van der Waals surface area contributed by atoms with Crippen molar-refractivity contribution in [3.8, 4) is 5.75 Å². The van der Waals surface area contributed by atoms with Gasteiger partial charge in [0.15, 0.2) is 0 Å². The number of anilines is 1. The molecule has 4 saturated heterocycles. The molecular weight excluding hydrogens is 531 g/mol. The van der Waals surface area contributed by atoms with E-state index >= 15 is 0 Å². The van der Waals surface area contributed by atoms with Gasteiger partial charge in [0.25, 0.3) is 0 Å². The van der Waals surface area contributed by atoms with Crippen molar-refractivity contribution in [2.45, 2.75) is 76.5 Å². The van der Waals surface area contributed by atoms with E-state index in [0.717, 1.165) is 64.0 Å². The van der Waals surface area contributed by atoms with Gasteiger partial charge in [0.2, 0.25) is 5.91 Å². The zero-order valence-electron chi connectivity index (χ0n) is 23.9. The molecule has 1 amide bonds. The van der Waals surface area contributed by atoms with E-state index in [1.165, 1.54) is 23.4 Å². The van der Waals surface area contributed by atoms with Crippen LogP contribution in [0.25, 0.3) is 0 Å². The summed E-state index contributed by atoms with van der Waals surface area (Å²) in [6.07, 6.45) is -0.362. The highest BCUT2D eigenvalue weighted by molar-refractivity contribution is 5.78. The molecule has 4 aliphatic heterocycles. The summed E-state index contributed by atoms with van der Waals surface area (Å²) in [5, 5.41) is 0. The Morgan fingerprint density at radius 1 is 1.00 bits per heavy atom. The highest BCUT2D eigenvalue weighted by Crippen LogP contribution is 2.47. The largest absolute Gasteiger partial charge is 0.573 e. The fourth-order valence-corrected chi connectivity index (χ4v) is 7.48. The molecule has 0 aromatic heterocycles. The van der Waals surface area contributed by atoms with Crippen LogP contribution in [0.4, 0.5) is 18.9 Å². The first-order chi connectivity index (χ1) is 19.6. The van der Waals surface area contributed by atoms with Crippen molar-refractivity contribution in [1.82, 2.24) is 9.80 Å². The maximum atomic E-state index is 12.9. The van der Waals surface area contributed by atoms with Gasteiger partial charge in [0.1, 0.15) is 11.5 Å². The number of hydrogen-bond acceptors (Lipinski definition) is 5. The second-order valence-corrected chi connectivity index (χ2v) is 12.5. The average molecular weight is 572 g/mol. The summed E-state index contributed by atoms with van der Waals surface area (Å²) >= 11 is 0. The lowest BCUT2D eigenvalue weighted by atomic mass is 9.79. The van der Waals surface area contributed by atoms with Crippen LogP contribution < -0.4 is 9.64 Å². The normalized spacial score (nSPS) is 27.7. The summed E-state index contributed by atoms with van der Waals surface area (Å²) in [5.41, 5.74) is 3.15. The number of halogens is 3. The highest BCUT2D eigenvalue weighted by atomic mass is 19.4. The predicted molar refractivity (Wildman–Crippen MR) is 151 cm³/mol. The van der Waals surface area contributed by atoms with Crippen molar-refractivity contribution in [1.29, 1.82) is 0 Å². The standard InChI is InChI=1S/C32H40F3N3O3/c1-22(2)29-21-40-31-15-18-36(20-26(31)7-12-30(39)38(29)31)19-23-3-8-27(9-4-23)37-16-13-25(14-17-37)24-5-10-28(11-6-24)41-32(33,34)35/h3-6,8-11,22,25-26,29H,7,12-21H2,1-2H3/t26-,29-,31-/m1/s1. The first-order valence-corrected chi connectivity index (χ1v) is 15.0. The number of benzene rings is 2. The Balaban J connectivity index is 1.01. The van der Waals surface area contributed by atoms with Crippen LogP contribution in [0.1, 0.15) is 63.0 Å². The Bertz CT molecular complexity index is 1210. The minimum Gasteiger partial charge on any atom is -0.406 e. The van der Waals surface area contributed by atoms with E-state index in [-0.39, 0.29) is 17.7 Å². The summed E-state index contributed by atoms with van der Waals surface area (Å²) in [5.74, 6) is 1.17. The molecule has 0 aliphatic carbocycles. The third-order valence-corrected chi connectivity index (χ3v) is 9.68. The molecular formula is C32H40F3N3O3. The van der Waals surface area contributed by atoms with Gasteiger partial charge in [-0.1, -0.05) is 38.1 Å². The number of rotatable bonds is 6. The molecule has 41 heavy (non-hydrogen) atoms. The van der Waals surface area contributed by atoms with Crippen LogP contribution in [0.15, 0.2) is 48.5 Å². The molecule has 9 heteroatoms. The third-order valence-electron chi connectivity index (χ3n) is 9.68. The third kappa shape index (κ3) is 5.80. The van der Waals surface area contributed by atoms with Gasteiger partial charge < -0.3 is 19.3 Å². The zero-order valence-corrected chi connectivity index (χ0v) is 23.9. The van der Waals surface area contributed by atoms with Crippen LogP contribution in [-0.4, -0.2) is 66.6 Å². The van der Waals surface area contributed by atoms with Gasteiger partial charge in [0, 0.05) is 57.2 Å². The molecule has 3 atom stereocenters. The van der Waals surface area contributed by atoms with Gasteiger partial charge in [-0.2, -0.15) is 0 Å². The van der Waals surface area contributed by atoms with Crippen LogP contribution in [-0.2, 0) is 16.1 Å². The summed E-state index contributed by atoms with van der Waals surface area (Å²) in [6.45, 7) is 9.61. The molecule has 4 aliphatic rings. The zero-order chi connectivity index (χ0) is 28.8. The SMILES string of the molecule is CC(C)[C@H]1CO[C@]23CCN(Cc4ccc(N5CCC(c6ccc(OC(F)(F)F)cc6)CC5)cc4)C[C@H]2CCC(=O)N13. The lowest BCUT2D eigenvalue weighted by molar-refractivity contribution is -0.274. The quantitative estimate of drug-likeness (QED) is 0.415.